The minimum Gasteiger partial charge on any atom is -0.369 e. The molecule has 1 saturated carbocycles. The van der Waals surface area contributed by atoms with Crippen molar-refractivity contribution in [1.29, 1.82) is 0 Å². The Morgan fingerprint density at radius 3 is 2.80 bits per heavy atom. The van der Waals surface area contributed by atoms with E-state index < -0.39 is 0 Å². The number of rotatable bonds is 7. The van der Waals surface area contributed by atoms with Crippen molar-refractivity contribution in [3.05, 3.63) is 35.4 Å². The van der Waals surface area contributed by atoms with Crippen LogP contribution in [-0.2, 0) is 17.9 Å². The zero-order valence-corrected chi connectivity index (χ0v) is 21.2. The number of aliphatic imine (C=N–C) groups is 1. The number of piperidine rings is 1. The van der Waals surface area contributed by atoms with Gasteiger partial charge in [-0.1, -0.05) is 24.3 Å². The van der Waals surface area contributed by atoms with Crippen LogP contribution in [-0.4, -0.2) is 54.5 Å². The van der Waals surface area contributed by atoms with Gasteiger partial charge in [-0.05, 0) is 56.0 Å². The Balaban J connectivity index is 0.00000320. The molecule has 8 heteroatoms. The topological polar surface area (TPSA) is 82.8 Å². The first-order valence-electron chi connectivity index (χ1n) is 10.7. The summed E-state index contributed by atoms with van der Waals surface area (Å²) in [4.78, 5) is 18.2. The van der Waals surface area contributed by atoms with Gasteiger partial charge in [0.2, 0.25) is 5.91 Å². The van der Waals surface area contributed by atoms with Crippen molar-refractivity contribution in [3.8, 4) is 0 Å². The van der Waals surface area contributed by atoms with E-state index in [2.05, 4.69) is 51.0 Å². The van der Waals surface area contributed by atoms with Gasteiger partial charge in [-0.3, -0.25) is 14.7 Å². The van der Waals surface area contributed by atoms with Gasteiger partial charge in [0.05, 0.1) is 5.92 Å². The van der Waals surface area contributed by atoms with E-state index in [4.69, 9.17) is 5.73 Å². The molecule has 0 bridgehead atoms. The monoisotopic (exact) mass is 545 g/mol. The number of carbonyl (C=O) groups excluding carboxylic acids is 1. The smallest absolute Gasteiger partial charge is 0.221 e. The number of benzene rings is 1. The molecular weight excluding hydrogens is 509 g/mol. The molecule has 1 aliphatic carbocycles. The van der Waals surface area contributed by atoms with E-state index in [1.54, 1.807) is 0 Å². The normalized spacial score (nSPS) is 24.9. The Morgan fingerprint density at radius 1 is 1.30 bits per heavy atom. The van der Waals surface area contributed by atoms with Gasteiger partial charge >= 0.3 is 0 Å². The van der Waals surface area contributed by atoms with Crippen molar-refractivity contribution in [2.75, 3.05) is 26.4 Å². The molecule has 2 aliphatic rings. The standard InChI is InChI=1S/C22H35N5OS.HI/c1-24-22(26-19-8-9-20(12-19)29-2)25-13-16-5-3-6-17(11-16)14-27-10-4-7-18(15-27)21(23)28;/h3,5-6,11,18-20H,4,7-10,12-15H2,1-2H3,(H2,23,28)(H2,24,25,26);1H. The molecule has 3 atom stereocenters. The number of hydrogen-bond acceptors (Lipinski definition) is 4. The van der Waals surface area contributed by atoms with Crippen molar-refractivity contribution < 1.29 is 4.79 Å². The van der Waals surface area contributed by atoms with Crippen LogP contribution in [0.4, 0.5) is 0 Å². The maximum Gasteiger partial charge on any atom is 0.221 e. The number of likely N-dealkylation sites (tertiary alicyclic amines) is 1. The third-order valence-corrected chi connectivity index (χ3v) is 7.14. The largest absolute Gasteiger partial charge is 0.369 e. The van der Waals surface area contributed by atoms with Gasteiger partial charge in [-0.25, -0.2) is 0 Å². The molecule has 1 aromatic rings. The lowest BCUT2D eigenvalue weighted by Gasteiger charge is -2.31. The second-order valence-corrected chi connectivity index (χ2v) is 9.37. The van der Waals surface area contributed by atoms with E-state index >= 15 is 0 Å². The van der Waals surface area contributed by atoms with Crippen LogP contribution in [0.2, 0.25) is 0 Å². The van der Waals surface area contributed by atoms with Crippen molar-refractivity contribution in [3.63, 3.8) is 0 Å². The van der Waals surface area contributed by atoms with E-state index in [0.717, 1.165) is 50.2 Å². The van der Waals surface area contributed by atoms with Gasteiger partial charge in [0.1, 0.15) is 0 Å². The number of halogens is 1. The number of hydrogen-bond donors (Lipinski definition) is 3. The maximum atomic E-state index is 11.5. The molecule has 1 saturated heterocycles. The highest BCUT2D eigenvalue weighted by Gasteiger charge is 2.25. The number of nitrogens with two attached hydrogens (primary N) is 1. The molecule has 1 aliphatic heterocycles. The van der Waals surface area contributed by atoms with Crippen molar-refractivity contribution in [2.24, 2.45) is 16.6 Å². The second kappa shape index (κ2) is 12.8. The summed E-state index contributed by atoms with van der Waals surface area (Å²) in [5, 5.41) is 7.79. The highest BCUT2D eigenvalue weighted by molar-refractivity contribution is 14.0. The fourth-order valence-electron chi connectivity index (χ4n) is 4.39. The molecule has 1 amide bonds. The minimum atomic E-state index is -0.169. The summed E-state index contributed by atoms with van der Waals surface area (Å²) < 4.78 is 0. The Labute approximate surface area is 202 Å². The molecule has 0 radical (unpaired) electrons. The quantitative estimate of drug-likeness (QED) is 0.279. The van der Waals surface area contributed by atoms with Crippen LogP contribution >= 0.6 is 35.7 Å². The van der Waals surface area contributed by atoms with Gasteiger partial charge in [0.15, 0.2) is 5.96 Å². The minimum absolute atomic E-state index is 0. The molecule has 1 aromatic carbocycles. The molecule has 6 nitrogen and oxygen atoms in total. The first-order valence-corrected chi connectivity index (χ1v) is 12.0. The second-order valence-electron chi connectivity index (χ2n) is 8.23. The van der Waals surface area contributed by atoms with Gasteiger partial charge in [-0.2, -0.15) is 11.8 Å². The Bertz CT molecular complexity index is 717. The SMILES string of the molecule is CN=C(NCc1cccc(CN2CCCC(C(N)=O)C2)c1)NC1CCC(SC)C1.I. The molecule has 168 valence electrons. The first kappa shape index (κ1) is 25.3. The lowest BCUT2D eigenvalue weighted by molar-refractivity contribution is -0.123. The number of amides is 1. The van der Waals surface area contributed by atoms with E-state index in [0.29, 0.717) is 6.04 Å². The first-order chi connectivity index (χ1) is 14.1. The zero-order chi connectivity index (χ0) is 20.6. The molecular formula is C22H36IN5OS. The predicted molar refractivity (Wildman–Crippen MR) is 137 cm³/mol. The predicted octanol–water partition coefficient (Wildman–Crippen LogP) is 2.95. The number of nitrogens with one attached hydrogen (secondary N) is 2. The van der Waals surface area contributed by atoms with E-state index in [-0.39, 0.29) is 35.8 Å². The molecule has 0 aromatic heterocycles. The lowest BCUT2D eigenvalue weighted by atomic mass is 9.97. The summed E-state index contributed by atoms with van der Waals surface area (Å²) in [6.45, 7) is 3.41. The van der Waals surface area contributed by atoms with Gasteiger partial charge in [0, 0.05) is 38.0 Å². The number of guanidine groups is 1. The average Bonchev–Trinajstić information content (AvgIpc) is 3.19. The van der Waals surface area contributed by atoms with E-state index in [1.807, 2.05) is 18.8 Å². The summed E-state index contributed by atoms with van der Waals surface area (Å²) in [5.41, 5.74) is 8.02. The third-order valence-electron chi connectivity index (χ3n) is 6.05. The van der Waals surface area contributed by atoms with Gasteiger partial charge in [0.25, 0.3) is 0 Å². The van der Waals surface area contributed by atoms with Crippen LogP contribution in [0.25, 0.3) is 0 Å². The molecule has 0 spiro atoms. The molecule has 30 heavy (non-hydrogen) atoms. The van der Waals surface area contributed by atoms with E-state index in [1.165, 1.54) is 30.4 Å². The number of thioether (sulfide) groups is 1. The van der Waals surface area contributed by atoms with Gasteiger partial charge in [-0.15, -0.1) is 24.0 Å². The highest BCUT2D eigenvalue weighted by Crippen LogP contribution is 2.28. The average molecular weight is 546 g/mol. The summed E-state index contributed by atoms with van der Waals surface area (Å²) in [7, 11) is 1.83. The Hall–Kier alpha value is -1.00. The van der Waals surface area contributed by atoms with Gasteiger partial charge < -0.3 is 16.4 Å². The summed E-state index contributed by atoms with van der Waals surface area (Å²) in [6, 6.07) is 9.17. The summed E-state index contributed by atoms with van der Waals surface area (Å²) in [6.07, 6.45) is 7.86. The van der Waals surface area contributed by atoms with Crippen LogP contribution in [0.3, 0.4) is 0 Å². The van der Waals surface area contributed by atoms with Crippen LogP contribution < -0.4 is 16.4 Å². The Kier molecular flexibility index (Phi) is 10.7. The third kappa shape index (κ3) is 7.60. The van der Waals surface area contributed by atoms with Crippen LogP contribution in [0, 0.1) is 5.92 Å². The van der Waals surface area contributed by atoms with Crippen LogP contribution in [0.1, 0.15) is 43.2 Å². The fourth-order valence-corrected chi connectivity index (χ4v) is 5.18. The Morgan fingerprint density at radius 2 is 2.10 bits per heavy atom. The van der Waals surface area contributed by atoms with E-state index in [9.17, 15) is 4.79 Å². The summed E-state index contributed by atoms with van der Waals surface area (Å²) >= 11 is 1.97. The molecule has 3 rings (SSSR count). The highest BCUT2D eigenvalue weighted by atomic mass is 127. The van der Waals surface area contributed by atoms with Crippen molar-refractivity contribution in [2.45, 2.75) is 56.5 Å². The number of carbonyl (C=O) groups is 1. The zero-order valence-electron chi connectivity index (χ0n) is 18.1. The number of primary amides is 1. The molecule has 3 unspecified atom stereocenters. The van der Waals surface area contributed by atoms with Crippen LogP contribution in [0.5, 0.6) is 0 Å². The molecule has 1 heterocycles. The summed E-state index contributed by atoms with van der Waals surface area (Å²) in [5.74, 6) is 0.699. The maximum absolute atomic E-state index is 11.5. The molecule has 4 N–H and O–H groups in total. The number of nitrogens with zero attached hydrogens (tertiary/aromatic N) is 2. The molecule has 2 fully saturated rings. The lowest BCUT2D eigenvalue weighted by Crippen LogP contribution is -2.42. The van der Waals surface area contributed by atoms with Crippen molar-refractivity contribution in [1.82, 2.24) is 15.5 Å². The van der Waals surface area contributed by atoms with Crippen molar-refractivity contribution >= 4 is 47.6 Å². The fraction of sp³-hybridized carbons (Fsp3) is 0.636. The van der Waals surface area contributed by atoms with Crippen LogP contribution in [0.15, 0.2) is 29.3 Å².